The highest BCUT2D eigenvalue weighted by molar-refractivity contribution is 5.79. The van der Waals surface area contributed by atoms with E-state index in [2.05, 4.69) is 53.4 Å². The maximum absolute atomic E-state index is 12.6. The SMILES string of the molecule is CC(C)c1ccc(CNC(=O)C2CCCN(c3cnn(C)c(=O)c3)C2)cc1. The summed E-state index contributed by atoms with van der Waals surface area (Å²) in [7, 11) is 1.63. The first-order valence-corrected chi connectivity index (χ1v) is 9.59. The fourth-order valence-corrected chi connectivity index (χ4v) is 3.41. The zero-order valence-corrected chi connectivity index (χ0v) is 16.3. The van der Waals surface area contributed by atoms with E-state index in [1.54, 1.807) is 19.3 Å². The van der Waals surface area contributed by atoms with Crippen LogP contribution in [0.15, 0.2) is 41.3 Å². The lowest BCUT2D eigenvalue weighted by molar-refractivity contribution is -0.125. The van der Waals surface area contributed by atoms with Crippen molar-refractivity contribution in [2.24, 2.45) is 13.0 Å². The molecule has 144 valence electrons. The molecule has 1 fully saturated rings. The van der Waals surface area contributed by atoms with Crippen LogP contribution in [0.3, 0.4) is 0 Å². The Morgan fingerprint density at radius 2 is 2.04 bits per heavy atom. The third-order valence-electron chi connectivity index (χ3n) is 5.22. The van der Waals surface area contributed by atoms with Gasteiger partial charge in [0, 0.05) is 32.7 Å². The topological polar surface area (TPSA) is 67.2 Å². The minimum atomic E-state index is -0.135. The van der Waals surface area contributed by atoms with Crippen LogP contribution < -0.4 is 15.8 Å². The second kappa shape index (κ2) is 8.37. The molecule has 1 aliphatic rings. The van der Waals surface area contributed by atoms with Crippen LogP contribution in [0.2, 0.25) is 0 Å². The molecule has 1 saturated heterocycles. The van der Waals surface area contributed by atoms with Gasteiger partial charge in [0.15, 0.2) is 0 Å². The van der Waals surface area contributed by atoms with Crippen LogP contribution in [-0.4, -0.2) is 28.8 Å². The summed E-state index contributed by atoms with van der Waals surface area (Å²) in [6.45, 7) is 6.34. The lowest BCUT2D eigenvalue weighted by Crippen LogP contribution is -2.43. The van der Waals surface area contributed by atoms with Crippen molar-refractivity contribution in [2.45, 2.75) is 39.2 Å². The zero-order chi connectivity index (χ0) is 19.4. The molecule has 1 amide bonds. The standard InChI is InChI=1S/C21H28N4O2/c1-15(2)17-8-6-16(7-9-17)12-22-21(27)18-5-4-10-25(14-18)19-11-20(26)24(3)23-13-19/h6-9,11,13,15,18H,4-5,10,12,14H2,1-3H3,(H,22,27). The Hall–Kier alpha value is -2.63. The number of piperidine rings is 1. The van der Waals surface area contributed by atoms with E-state index in [1.807, 2.05) is 0 Å². The van der Waals surface area contributed by atoms with Crippen molar-refractivity contribution < 1.29 is 4.79 Å². The molecule has 0 spiro atoms. The quantitative estimate of drug-likeness (QED) is 0.880. The van der Waals surface area contributed by atoms with Crippen LogP contribution in [0.4, 0.5) is 5.69 Å². The van der Waals surface area contributed by atoms with Crippen molar-refractivity contribution >= 4 is 11.6 Å². The van der Waals surface area contributed by atoms with Gasteiger partial charge in [0.1, 0.15) is 0 Å². The van der Waals surface area contributed by atoms with Gasteiger partial charge in [0.05, 0.1) is 17.8 Å². The number of nitrogens with zero attached hydrogens (tertiary/aromatic N) is 3. The average Bonchev–Trinajstić information content (AvgIpc) is 2.68. The third kappa shape index (κ3) is 4.76. The summed E-state index contributed by atoms with van der Waals surface area (Å²) in [5.41, 5.74) is 3.07. The molecule has 0 bridgehead atoms. The summed E-state index contributed by atoms with van der Waals surface area (Å²) in [5.74, 6) is 0.508. The number of benzene rings is 1. The Bertz CT molecular complexity index is 842. The van der Waals surface area contributed by atoms with Gasteiger partial charge >= 0.3 is 0 Å². The van der Waals surface area contributed by atoms with Gasteiger partial charge in [-0.2, -0.15) is 5.10 Å². The van der Waals surface area contributed by atoms with Crippen molar-refractivity contribution in [3.8, 4) is 0 Å². The van der Waals surface area contributed by atoms with E-state index in [0.717, 1.165) is 30.6 Å². The third-order valence-corrected chi connectivity index (χ3v) is 5.22. The Labute approximate surface area is 160 Å². The molecule has 1 aliphatic heterocycles. The van der Waals surface area contributed by atoms with E-state index in [1.165, 1.54) is 10.2 Å². The van der Waals surface area contributed by atoms with Gasteiger partial charge in [-0.05, 0) is 29.9 Å². The van der Waals surface area contributed by atoms with Crippen molar-refractivity contribution in [3.05, 3.63) is 58.0 Å². The van der Waals surface area contributed by atoms with Crippen LogP contribution in [0.25, 0.3) is 0 Å². The minimum absolute atomic E-state index is 0.0715. The number of rotatable bonds is 5. The molecule has 1 atom stereocenters. The molecular weight excluding hydrogens is 340 g/mol. The summed E-state index contributed by atoms with van der Waals surface area (Å²) in [4.78, 5) is 26.5. The average molecular weight is 368 g/mol. The van der Waals surface area contributed by atoms with E-state index in [4.69, 9.17) is 0 Å². The highest BCUT2D eigenvalue weighted by Crippen LogP contribution is 2.22. The number of carbonyl (C=O) groups is 1. The Kier molecular flexibility index (Phi) is 5.94. The summed E-state index contributed by atoms with van der Waals surface area (Å²) in [5, 5.41) is 7.14. The number of hydrogen-bond donors (Lipinski definition) is 1. The zero-order valence-electron chi connectivity index (χ0n) is 16.3. The number of nitrogens with one attached hydrogen (secondary N) is 1. The van der Waals surface area contributed by atoms with Gasteiger partial charge in [-0.3, -0.25) is 9.59 Å². The lowest BCUT2D eigenvalue weighted by Gasteiger charge is -2.33. The second-order valence-electron chi connectivity index (χ2n) is 7.57. The smallest absolute Gasteiger partial charge is 0.268 e. The number of hydrogen-bond acceptors (Lipinski definition) is 4. The molecule has 6 heteroatoms. The van der Waals surface area contributed by atoms with Crippen LogP contribution in [0.5, 0.6) is 0 Å². The molecule has 1 aromatic carbocycles. The first-order chi connectivity index (χ1) is 12.9. The molecule has 1 unspecified atom stereocenters. The van der Waals surface area contributed by atoms with E-state index >= 15 is 0 Å². The van der Waals surface area contributed by atoms with E-state index in [9.17, 15) is 9.59 Å². The number of aromatic nitrogens is 2. The largest absolute Gasteiger partial charge is 0.369 e. The number of amides is 1. The Morgan fingerprint density at radius 1 is 1.30 bits per heavy atom. The minimum Gasteiger partial charge on any atom is -0.369 e. The fraction of sp³-hybridized carbons (Fsp3) is 0.476. The molecule has 1 N–H and O–H groups in total. The van der Waals surface area contributed by atoms with Gasteiger partial charge in [-0.15, -0.1) is 0 Å². The molecule has 3 rings (SSSR count). The summed E-state index contributed by atoms with van der Waals surface area (Å²) in [6, 6.07) is 9.99. The number of aryl methyl sites for hydroxylation is 1. The van der Waals surface area contributed by atoms with Crippen LogP contribution >= 0.6 is 0 Å². The first kappa shape index (κ1) is 19.1. The number of carbonyl (C=O) groups excluding carboxylic acids is 1. The summed E-state index contributed by atoms with van der Waals surface area (Å²) in [6.07, 6.45) is 3.49. The van der Waals surface area contributed by atoms with Crippen molar-refractivity contribution in [1.82, 2.24) is 15.1 Å². The summed E-state index contributed by atoms with van der Waals surface area (Å²) >= 11 is 0. The monoisotopic (exact) mass is 368 g/mol. The van der Waals surface area contributed by atoms with Gasteiger partial charge in [0.25, 0.3) is 5.56 Å². The Balaban J connectivity index is 1.57. The van der Waals surface area contributed by atoms with Crippen molar-refractivity contribution in [2.75, 3.05) is 18.0 Å². The van der Waals surface area contributed by atoms with E-state index in [-0.39, 0.29) is 17.4 Å². The van der Waals surface area contributed by atoms with E-state index in [0.29, 0.717) is 19.0 Å². The van der Waals surface area contributed by atoms with Gasteiger partial charge in [-0.25, -0.2) is 4.68 Å². The molecule has 1 aromatic heterocycles. The van der Waals surface area contributed by atoms with Crippen molar-refractivity contribution in [3.63, 3.8) is 0 Å². The molecule has 0 aliphatic carbocycles. The molecule has 0 saturated carbocycles. The van der Waals surface area contributed by atoms with Crippen LogP contribution in [0.1, 0.15) is 43.7 Å². The molecule has 27 heavy (non-hydrogen) atoms. The normalized spacial score (nSPS) is 17.2. The predicted octanol–water partition coefficient (Wildman–Crippen LogP) is 2.44. The second-order valence-corrected chi connectivity index (χ2v) is 7.57. The molecule has 0 radical (unpaired) electrons. The van der Waals surface area contributed by atoms with Gasteiger partial charge < -0.3 is 10.2 Å². The predicted molar refractivity (Wildman–Crippen MR) is 107 cm³/mol. The highest BCUT2D eigenvalue weighted by Gasteiger charge is 2.26. The van der Waals surface area contributed by atoms with E-state index < -0.39 is 0 Å². The summed E-state index contributed by atoms with van der Waals surface area (Å²) < 4.78 is 1.31. The lowest BCUT2D eigenvalue weighted by atomic mass is 9.96. The molecule has 6 nitrogen and oxygen atoms in total. The van der Waals surface area contributed by atoms with Crippen LogP contribution in [-0.2, 0) is 18.4 Å². The van der Waals surface area contributed by atoms with Gasteiger partial charge in [0.2, 0.25) is 5.91 Å². The fourth-order valence-electron chi connectivity index (χ4n) is 3.41. The van der Waals surface area contributed by atoms with Crippen molar-refractivity contribution in [1.29, 1.82) is 0 Å². The number of anilines is 1. The van der Waals surface area contributed by atoms with Crippen LogP contribution in [0, 0.1) is 5.92 Å². The first-order valence-electron chi connectivity index (χ1n) is 9.59. The molecule has 2 aromatic rings. The molecular formula is C21H28N4O2. The highest BCUT2D eigenvalue weighted by atomic mass is 16.2. The maximum Gasteiger partial charge on any atom is 0.268 e. The maximum atomic E-state index is 12.6. The Morgan fingerprint density at radius 3 is 2.70 bits per heavy atom. The van der Waals surface area contributed by atoms with Gasteiger partial charge in [-0.1, -0.05) is 38.1 Å². The molecule has 2 heterocycles.